The second-order valence-electron chi connectivity index (χ2n) is 8.45. The largest absolute Gasteiger partial charge is 0.324 e. The Morgan fingerprint density at radius 1 is 1.00 bits per heavy atom. The standard InChI is InChI=1S/C21H27N3O2Si/c1-21(14-18(23-24-21)27(2,3)4)20(26)22-17-12-10-16(11-13-17)19(25)15-8-6-5-7-9-15/h5-13,18,23-24H,14H2,1-4H3,(H,22,26). The third-order valence-electron chi connectivity index (χ3n) is 5.12. The fourth-order valence-corrected chi connectivity index (χ4v) is 4.68. The Morgan fingerprint density at radius 2 is 1.59 bits per heavy atom. The second-order valence-corrected chi connectivity index (χ2v) is 13.9. The predicted octanol–water partition coefficient (Wildman–Crippen LogP) is 3.36. The molecule has 1 saturated heterocycles. The number of nitrogens with one attached hydrogen (secondary N) is 3. The molecule has 1 amide bonds. The quantitative estimate of drug-likeness (QED) is 0.549. The monoisotopic (exact) mass is 381 g/mol. The highest BCUT2D eigenvalue weighted by Crippen LogP contribution is 2.25. The lowest BCUT2D eigenvalue weighted by Gasteiger charge is -2.25. The smallest absolute Gasteiger partial charge is 0.245 e. The lowest BCUT2D eigenvalue weighted by molar-refractivity contribution is -0.121. The van der Waals surface area contributed by atoms with Gasteiger partial charge in [-0.05, 0) is 37.6 Å². The summed E-state index contributed by atoms with van der Waals surface area (Å²) in [6.45, 7) is 8.79. The summed E-state index contributed by atoms with van der Waals surface area (Å²) in [7, 11) is -1.39. The molecular formula is C21H27N3O2Si. The maximum atomic E-state index is 12.8. The Morgan fingerprint density at radius 3 is 2.15 bits per heavy atom. The molecule has 1 aliphatic heterocycles. The van der Waals surface area contributed by atoms with Gasteiger partial charge in [0.2, 0.25) is 5.91 Å². The van der Waals surface area contributed by atoms with Crippen molar-refractivity contribution in [3.05, 3.63) is 65.7 Å². The zero-order valence-electron chi connectivity index (χ0n) is 16.3. The van der Waals surface area contributed by atoms with Crippen molar-refractivity contribution >= 4 is 25.5 Å². The highest BCUT2D eigenvalue weighted by Gasteiger charge is 2.45. The van der Waals surface area contributed by atoms with Crippen molar-refractivity contribution in [3.63, 3.8) is 0 Å². The summed E-state index contributed by atoms with van der Waals surface area (Å²) in [4.78, 5) is 25.3. The number of hydrogen-bond donors (Lipinski definition) is 3. The van der Waals surface area contributed by atoms with Crippen LogP contribution in [0.2, 0.25) is 19.6 Å². The highest BCUT2D eigenvalue weighted by molar-refractivity contribution is 6.77. The van der Waals surface area contributed by atoms with Crippen molar-refractivity contribution in [2.45, 2.75) is 44.2 Å². The van der Waals surface area contributed by atoms with E-state index < -0.39 is 13.6 Å². The minimum Gasteiger partial charge on any atom is -0.324 e. The molecule has 0 bridgehead atoms. The average molecular weight is 382 g/mol. The molecule has 6 heteroatoms. The lowest BCUT2D eigenvalue weighted by Crippen LogP contribution is -2.51. The number of rotatable bonds is 5. The average Bonchev–Trinajstić information content (AvgIpc) is 3.07. The van der Waals surface area contributed by atoms with Crippen LogP contribution in [0.3, 0.4) is 0 Å². The van der Waals surface area contributed by atoms with Crippen molar-refractivity contribution in [3.8, 4) is 0 Å². The fourth-order valence-electron chi connectivity index (χ4n) is 3.16. The van der Waals surface area contributed by atoms with E-state index in [-0.39, 0.29) is 11.7 Å². The molecule has 142 valence electrons. The number of hydrazine groups is 1. The van der Waals surface area contributed by atoms with Crippen LogP contribution in [-0.4, -0.2) is 31.0 Å². The Hall–Kier alpha value is -2.28. The molecule has 0 aliphatic carbocycles. The van der Waals surface area contributed by atoms with E-state index in [1.807, 2.05) is 25.1 Å². The number of carbonyl (C=O) groups is 2. The fraction of sp³-hybridized carbons (Fsp3) is 0.333. The first kappa shape index (κ1) is 19.5. The van der Waals surface area contributed by atoms with Gasteiger partial charge in [-0.25, -0.2) is 5.43 Å². The summed E-state index contributed by atoms with van der Waals surface area (Å²) < 4.78 is 0. The van der Waals surface area contributed by atoms with Crippen LogP contribution in [0.4, 0.5) is 5.69 Å². The molecule has 1 aliphatic rings. The molecule has 3 rings (SSSR count). The lowest BCUT2D eigenvalue weighted by atomic mass is 9.99. The first-order valence-electron chi connectivity index (χ1n) is 9.23. The van der Waals surface area contributed by atoms with Gasteiger partial charge in [0, 0.05) is 22.5 Å². The van der Waals surface area contributed by atoms with Crippen LogP contribution in [-0.2, 0) is 4.79 Å². The summed E-state index contributed by atoms with van der Waals surface area (Å²) >= 11 is 0. The van der Waals surface area contributed by atoms with E-state index in [0.29, 0.717) is 22.5 Å². The molecule has 5 nitrogen and oxygen atoms in total. The number of amides is 1. The summed E-state index contributed by atoms with van der Waals surface area (Å²) in [5, 5.41) is 2.96. The molecule has 0 saturated carbocycles. The number of benzene rings is 2. The van der Waals surface area contributed by atoms with Crippen LogP contribution >= 0.6 is 0 Å². The van der Waals surface area contributed by atoms with E-state index in [9.17, 15) is 9.59 Å². The molecule has 1 heterocycles. The maximum Gasteiger partial charge on any atom is 0.245 e. The number of anilines is 1. The topological polar surface area (TPSA) is 70.2 Å². The van der Waals surface area contributed by atoms with Crippen LogP contribution in [0.1, 0.15) is 29.3 Å². The summed E-state index contributed by atoms with van der Waals surface area (Å²) in [5.74, 6) is -0.0991. The van der Waals surface area contributed by atoms with E-state index in [4.69, 9.17) is 0 Å². The van der Waals surface area contributed by atoms with Gasteiger partial charge in [0.25, 0.3) is 0 Å². The molecule has 2 aromatic rings. The normalized spacial score (nSPS) is 22.4. The zero-order chi connectivity index (χ0) is 19.7. The van der Waals surface area contributed by atoms with Gasteiger partial charge in [-0.3, -0.25) is 15.0 Å². The van der Waals surface area contributed by atoms with Crippen molar-refractivity contribution < 1.29 is 9.59 Å². The third-order valence-corrected chi connectivity index (χ3v) is 7.56. The molecule has 3 N–H and O–H groups in total. The summed E-state index contributed by atoms with van der Waals surface area (Å²) in [6.07, 6.45) is 0.763. The minimum absolute atomic E-state index is 0.0277. The van der Waals surface area contributed by atoms with E-state index in [1.165, 1.54) is 0 Å². The van der Waals surface area contributed by atoms with Crippen LogP contribution in [0.5, 0.6) is 0 Å². The van der Waals surface area contributed by atoms with Crippen molar-refractivity contribution in [2.24, 2.45) is 0 Å². The Kier molecular flexibility index (Phi) is 5.33. The Balaban J connectivity index is 1.66. The molecule has 0 radical (unpaired) electrons. The van der Waals surface area contributed by atoms with Gasteiger partial charge in [-0.15, -0.1) is 0 Å². The number of hydrogen-bond acceptors (Lipinski definition) is 4. The van der Waals surface area contributed by atoms with Crippen LogP contribution in [0, 0.1) is 0 Å². The molecule has 0 spiro atoms. The number of carbonyl (C=O) groups excluding carboxylic acids is 2. The first-order chi connectivity index (χ1) is 12.7. The van der Waals surface area contributed by atoms with Gasteiger partial charge in [0.1, 0.15) is 5.54 Å². The predicted molar refractivity (Wildman–Crippen MR) is 111 cm³/mol. The van der Waals surface area contributed by atoms with Gasteiger partial charge >= 0.3 is 0 Å². The highest BCUT2D eigenvalue weighted by atomic mass is 28.3. The van der Waals surface area contributed by atoms with Gasteiger partial charge in [0.15, 0.2) is 5.78 Å². The van der Waals surface area contributed by atoms with E-state index >= 15 is 0 Å². The molecule has 2 unspecified atom stereocenters. The Labute approximate surface area is 161 Å². The van der Waals surface area contributed by atoms with Crippen LogP contribution < -0.4 is 16.2 Å². The maximum absolute atomic E-state index is 12.8. The molecule has 2 aromatic carbocycles. The molecule has 0 aromatic heterocycles. The van der Waals surface area contributed by atoms with Crippen LogP contribution in [0.15, 0.2) is 54.6 Å². The zero-order valence-corrected chi connectivity index (χ0v) is 17.3. The van der Waals surface area contributed by atoms with Crippen LogP contribution in [0.25, 0.3) is 0 Å². The molecule has 27 heavy (non-hydrogen) atoms. The Bertz CT molecular complexity index is 831. The van der Waals surface area contributed by atoms with Gasteiger partial charge < -0.3 is 5.32 Å². The summed E-state index contributed by atoms with van der Waals surface area (Å²) in [6, 6.07) is 16.2. The SMILES string of the molecule is CC1(C(=O)Nc2ccc(C(=O)c3ccccc3)cc2)CC([Si](C)(C)C)NN1. The first-order valence-corrected chi connectivity index (χ1v) is 12.8. The number of ketones is 1. The molecule has 2 atom stereocenters. The molecular weight excluding hydrogens is 354 g/mol. The van der Waals surface area contributed by atoms with Gasteiger partial charge in [-0.2, -0.15) is 0 Å². The third kappa shape index (κ3) is 4.35. The van der Waals surface area contributed by atoms with E-state index in [2.05, 4.69) is 35.8 Å². The van der Waals surface area contributed by atoms with Gasteiger partial charge in [-0.1, -0.05) is 50.0 Å². The molecule has 1 fully saturated rings. The van der Waals surface area contributed by atoms with Crippen molar-refractivity contribution in [2.75, 3.05) is 5.32 Å². The van der Waals surface area contributed by atoms with Crippen molar-refractivity contribution in [1.82, 2.24) is 10.9 Å². The van der Waals surface area contributed by atoms with Crippen molar-refractivity contribution in [1.29, 1.82) is 0 Å². The van der Waals surface area contributed by atoms with Gasteiger partial charge in [0.05, 0.1) is 8.07 Å². The minimum atomic E-state index is -1.39. The van der Waals surface area contributed by atoms with E-state index in [1.54, 1.807) is 36.4 Å². The van der Waals surface area contributed by atoms with E-state index in [0.717, 1.165) is 6.42 Å². The summed E-state index contributed by atoms with van der Waals surface area (Å²) in [5.41, 5.74) is 8.12. The second kappa shape index (κ2) is 7.38.